The molecule has 196 valence electrons. The van der Waals surface area contributed by atoms with Crippen LogP contribution in [0, 0.1) is 11.7 Å². The van der Waals surface area contributed by atoms with Gasteiger partial charge in [-0.15, -0.1) is 0 Å². The number of halogens is 1. The number of carbonyl (C=O) groups excluding carboxylic acids is 2. The minimum atomic E-state index is -0.848. The van der Waals surface area contributed by atoms with E-state index in [-0.39, 0.29) is 25.0 Å². The summed E-state index contributed by atoms with van der Waals surface area (Å²) >= 11 is 0. The van der Waals surface area contributed by atoms with Gasteiger partial charge in [0.05, 0.1) is 0 Å². The highest BCUT2D eigenvalue weighted by Crippen LogP contribution is 2.25. The zero-order valence-corrected chi connectivity index (χ0v) is 21.8. The van der Waals surface area contributed by atoms with Crippen molar-refractivity contribution in [3.8, 4) is 5.75 Å². The molecule has 0 aliphatic rings. The zero-order chi connectivity index (χ0) is 26.9. The lowest BCUT2D eigenvalue weighted by atomic mass is 10.0. The van der Waals surface area contributed by atoms with Gasteiger partial charge in [-0.3, -0.25) is 9.59 Å². The molecule has 0 bridgehead atoms. The molecule has 0 aliphatic heterocycles. The van der Waals surface area contributed by atoms with Gasteiger partial charge in [0.25, 0.3) is 5.91 Å². The number of nitrogens with zero attached hydrogens (tertiary/aromatic N) is 1. The number of nitrogens with one attached hydrogen (secondary N) is 1. The van der Waals surface area contributed by atoms with Crippen LogP contribution in [0.4, 0.5) is 4.39 Å². The maximum absolute atomic E-state index is 14.7. The highest BCUT2D eigenvalue weighted by atomic mass is 19.1. The summed E-state index contributed by atoms with van der Waals surface area (Å²) in [5.74, 6) is -0.298. The molecule has 2 amide bonds. The van der Waals surface area contributed by atoms with E-state index < -0.39 is 17.8 Å². The summed E-state index contributed by atoms with van der Waals surface area (Å²) in [6, 6.07) is 28.4. The number of hydrogen-bond donors (Lipinski definition) is 1. The Labute approximate surface area is 223 Å². The molecule has 0 radical (unpaired) electrons. The number of benzene rings is 4. The molecule has 38 heavy (non-hydrogen) atoms. The second-order valence-electron chi connectivity index (χ2n) is 9.72. The zero-order valence-electron chi connectivity index (χ0n) is 21.8. The van der Waals surface area contributed by atoms with Crippen molar-refractivity contribution in [3.05, 3.63) is 114 Å². The lowest BCUT2D eigenvalue weighted by Crippen LogP contribution is -2.52. The molecule has 0 aliphatic carbocycles. The van der Waals surface area contributed by atoms with Gasteiger partial charge in [0.1, 0.15) is 17.6 Å². The van der Waals surface area contributed by atoms with Gasteiger partial charge in [0.15, 0.2) is 6.61 Å². The van der Waals surface area contributed by atoms with Crippen molar-refractivity contribution < 1.29 is 18.7 Å². The minimum absolute atomic E-state index is 0.0585. The summed E-state index contributed by atoms with van der Waals surface area (Å²) in [4.78, 5) is 28.7. The molecule has 0 unspecified atom stereocenters. The molecule has 0 saturated heterocycles. The van der Waals surface area contributed by atoms with E-state index in [1.807, 2.05) is 86.6 Å². The van der Waals surface area contributed by atoms with Crippen LogP contribution in [0.2, 0.25) is 0 Å². The van der Waals surface area contributed by atoms with E-state index >= 15 is 0 Å². The molecule has 0 fully saturated rings. The maximum atomic E-state index is 14.7. The Morgan fingerprint density at radius 1 is 0.868 bits per heavy atom. The molecule has 1 N–H and O–H groups in total. The molecule has 4 aromatic rings. The third-order valence-electron chi connectivity index (χ3n) is 6.35. The molecule has 4 rings (SSSR count). The van der Waals surface area contributed by atoms with Crippen molar-refractivity contribution in [3.63, 3.8) is 0 Å². The Kier molecular flexibility index (Phi) is 9.09. The van der Waals surface area contributed by atoms with Crippen LogP contribution in [-0.4, -0.2) is 35.9 Å². The molecule has 4 aromatic carbocycles. The number of carbonyl (C=O) groups is 2. The predicted octanol–water partition coefficient (Wildman–Crippen LogP) is 5.77. The third-order valence-corrected chi connectivity index (χ3v) is 6.35. The molecule has 1 atom stereocenters. The van der Waals surface area contributed by atoms with Gasteiger partial charge < -0.3 is 15.0 Å². The van der Waals surface area contributed by atoms with Crippen LogP contribution in [0.1, 0.15) is 25.0 Å². The molecule has 0 spiro atoms. The smallest absolute Gasteiger partial charge is 0.261 e. The largest absolute Gasteiger partial charge is 0.483 e. The van der Waals surface area contributed by atoms with Crippen LogP contribution in [0.3, 0.4) is 0 Å². The van der Waals surface area contributed by atoms with Crippen LogP contribution < -0.4 is 10.1 Å². The van der Waals surface area contributed by atoms with Crippen LogP contribution >= 0.6 is 0 Å². The van der Waals surface area contributed by atoms with Gasteiger partial charge in [-0.2, -0.15) is 0 Å². The van der Waals surface area contributed by atoms with Gasteiger partial charge >= 0.3 is 0 Å². The summed E-state index contributed by atoms with van der Waals surface area (Å²) in [5, 5.41) is 4.85. The Balaban J connectivity index is 1.64. The molecule has 0 heterocycles. The van der Waals surface area contributed by atoms with E-state index in [2.05, 4.69) is 5.32 Å². The van der Waals surface area contributed by atoms with Crippen molar-refractivity contribution in [1.29, 1.82) is 0 Å². The third kappa shape index (κ3) is 6.97. The second kappa shape index (κ2) is 12.9. The SMILES string of the molecule is CC(C)CNC(=O)[C@@H](Cc1ccccc1)N(Cc1ccccc1F)C(=O)COc1cccc2ccccc12. The molecule has 6 heteroatoms. The summed E-state index contributed by atoms with van der Waals surface area (Å²) < 4.78 is 20.7. The fourth-order valence-electron chi connectivity index (χ4n) is 4.33. The summed E-state index contributed by atoms with van der Waals surface area (Å²) in [7, 11) is 0. The lowest BCUT2D eigenvalue weighted by molar-refractivity contribution is -0.142. The summed E-state index contributed by atoms with van der Waals surface area (Å²) in [5.41, 5.74) is 1.24. The topological polar surface area (TPSA) is 58.6 Å². The van der Waals surface area contributed by atoms with Crippen LogP contribution in [-0.2, 0) is 22.6 Å². The van der Waals surface area contributed by atoms with Gasteiger partial charge in [-0.25, -0.2) is 4.39 Å². The van der Waals surface area contributed by atoms with E-state index in [1.165, 1.54) is 11.0 Å². The normalized spacial score (nSPS) is 11.8. The first-order valence-electron chi connectivity index (χ1n) is 12.9. The van der Waals surface area contributed by atoms with Crippen LogP contribution in [0.5, 0.6) is 5.75 Å². The highest BCUT2D eigenvalue weighted by Gasteiger charge is 2.31. The van der Waals surface area contributed by atoms with Gasteiger partial charge in [0.2, 0.25) is 5.91 Å². The molecule has 0 aromatic heterocycles. The lowest BCUT2D eigenvalue weighted by Gasteiger charge is -2.32. The highest BCUT2D eigenvalue weighted by molar-refractivity contribution is 5.90. The second-order valence-corrected chi connectivity index (χ2v) is 9.72. The van der Waals surface area contributed by atoms with Gasteiger partial charge in [-0.1, -0.05) is 98.8 Å². The monoisotopic (exact) mass is 512 g/mol. The van der Waals surface area contributed by atoms with E-state index in [1.54, 1.807) is 18.2 Å². The summed E-state index contributed by atoms with van der Waals surface area (Å²) in [6.07, 6.45) is 0.291. The fraction of sp³-hybridized carbons (Fsp3) is 0.250. The minimum Gasteiger partial charge on any atom is -0.483 e. The van der Waals surface area contributed by atoms with Gasteiger partial charge in [0, 0.05) is 30.5 Å². The summed E-state index contributed by atoms with van der Waals surface area (Å²) in [6.45, 7) is 4.14. The van der Waals surface area contributed by atoms with Gasteiger partial charge in [-0.05, 0) is 29.0 Å². The first-order chi connectivity index (χ1) is 18.4. The number of rotatable bonds is 11. The first-order valence-corrected chi connectivity index (χ1v) is 12.9. The molecular weight excluding hydrogens is 479 g/mol. The standard InChI is InChI=1S/C32H33FN2O3/c1-23(2)20-34-32(37)29(19-24-11-4-3-5-12-24)35(21-26-14-7-9-17-28(26)33)31(36)22-38-30-18-10-15-25-13-6-8-16-27(25)30/h3-18,23,29H,19-22H2,1-2H3,(H,34,37)/t29-/m1/s1. The molecular formula is C32H33FN2O3. The van der Waals surface area contributed by atoms with Crippen molar-refractivity contribution in [2.24, 2.45) is 5.92 Å². The number of hydrogen-bond acceptors (Lipinski definition) is 3. The van der Waals surface area contributed by atoms with Crippen molar-refractivity contribution in [2.75, 3.05) is 13.2 Å². The van der Waals surface area contributed by atoms with E-state index in [4.69, 9.17) is 4.74 Å². The number of amides is 2. The molecule has 0 saturated carbocycles. The Bertz CT molecular complexity index is 1370. The first kappa shape index (κ1) is 26.9. The Morgan fingerprint density at radius 3 is 2.32 bits per heavy atom. The maximum Gasteiger partial charge on any atom is 0.261 e. The van der Waals surface area contributed by atoms with Crippen molar-refractivity contribution >= 4 is 22.6 Å². The fourth-order valence-corrected chi connectivity index (χ4v) is 4.33. The molecule has 5 nitrogen and oxygen atoms in total. The van der Waals surface area contributed by atoms with E-state index in [0.29, 0.717) is 24.3 Å². The quantitative estimate of drug-likeness (QED) is 0.278. The average molecular weight is 513 g/mol. The van der Waals surface area contributed by atoms with E-state index in [9.17, 15) is 14.0 Å². The number of fused-ring (bicyclic) bond motifs is 1. The number of ether oxygens (including phenoxy) is 1. The van der Waals surface area contributed by atoms with Crippen molar-refractivity contribution in [2.45, 2.75) is 32.9 Å². The average Bonchev–Trinajstić information content (AvgIpc) is 2.93. The Hall–Kier alpha value is -4.19. The van der Waals surface area contributed by atoms with Crippen LogP contribution in [0.15, 0.2) is 97.1 Å². The Morgan fingerprint density at radius 2 is 1.55 bits per heavy atom. The van der Waals surface area contributed by atoms with Crippen LogP contribution in [0.25, 0.3) is 10.8 Å². The predicted molar refractivity (Wildman–Crippen MR) is 148 cm³/mol. The van der Waals surface area contributed by atoms with E-state index in [0.717, 1.165) is 16.3 Å². The van der Waals surface area contributed by atoms with Crippen molar-refractivity contribution in [1.82, 2.24) is 10.2 Å².